The zero-order valence-electron chi connectivity index (χ0n) is 12.5. The van der Waals surface area contributed by atoms with Crippen LogP contribution in [0, 0.1) is 0 Å². The van der Waals surface area contributed by atoms with Gasteiger partial charge in [0.15, 0.2) is 0 Å². The van der Waals surface area contributed by atoms with E-state index in [1.807, 2.05) is 24.3 Å². The van der Waals surface area contributed by atoms with Crippen LogP contribution in [0.3, 0.4) is 0 Å². The van der Waals surface area contributed by atoms with Crippen LogP contribution >= 0.6 is 11.3 Å². The van der Waals surface area contributed by atoms with Gasteiger partial charge in [-0.1, -0.05) is 12.1 Å². The predicted molar refractivity (Wildman–Crippen MR) is 90.1 cm³/mol. The largest absolute Gasteiger partial charge is 0.455 e. The molecule has 0 atom stereocenters. The quantitative estimate of drug-likeness (QED) is 0.535. The molecule has 24 heavy (non-hydrogen) atoms. The second-order valence-corrected chi connectivity index (χ2v) is 6.15. The number of fused-ring (bicyclic) bond motifs is 1. The first kappa shape index (κ1) is 14.5. The summed E-state index contributed by atoms with van der Waals surface area (Å²) in [5.74, 6) is -0.376. The highest BCUT2D eigenvalue weighted by Gasteiger charge is 2.10. The van der Waals surface area contributed by atoms with Gasteiger partial charge in [-0.3, -0.25) is 0 Å². The van der Waals surface area contributed by atoms with Gasteiger partial charge in [0.2, 0.25) is 0 Å². The first-order chi connectivity index (χ1) is 11.8. The molecule has 0 bridgehead atoms. The highest BCUT2D eigenvalue weighted by atomic mass is 32.1. The average molecular weight is 336 g/mol. The molecule has 4 aromatic rings. The van der Waals surface area contributed by atoms with E-state index >= 15 is 0 Å². The Hall–Kier alpha value is -3.06. The lowest BCUT2D eigenvalue weighted by molar-refractivity contribution is 0.0472. The standard InChI is InChI=1S/C17H12N4O2S/c22-17(12-5-7-13(8-6-12)21-11-18-10-19-21)23-9-16-20-14-3-1-2-4-15(14)24-16/h1-8,10-11H,9H2. The Labute approximate surface area is 141 Å². The van der Waals surface area contributed by atoms with Gasteiger partial charge in [0.25, 0.3) is 0 Å². The Balaban J connectivity index is 1.44. The molecule has 118 valence electrons. The lowest BCUT2D eigenvalue weighted by Crippen LogP contribution is -2.05. The van der Waals surface area contributed by atoms with Crippen molar-refractivity contribution in [2.75, 3.05) is 0 Å². The number of hydrogen-bond acceptors (Lipinski definition) is 6. The molecule has 0 unspecified atom stereocenters. The van der Waals surface area contributed by atoms with Gasteiger partial charge in [-0.2, -0.15) is 5.10 Å². The minimum absolute atomic E-state index is 0.170. The highest BCUT2D eigenvalue weighted by Crippen LogP contribution is 2.22. The summed E-state index contributed by atoms with van der Waals surface area (Å²) in [7, 11) is 0. The van der Waals surface area contributed by atoms with Crippen molar-refractivity contribution < 1.29 is 9.53 Å². The predicted octanol–water partition coefficient (Wildman–Crippen LogP) is 3.23. The number of hydrogen-bond donors (Lipinski definition) is 0. The molecule has 2 heterocycles. The summed E-state index contributed by atoms with van der Waals surface area (Å²) in [6, 6.07) is 14.9. The van der Waals surface area contributed by atoms with Gasteiger partial charge in [0.05, 0.1) is 21.5 Å². The zero-order valence-corrected chi connectivity index (χ0v) is 13.3. The summed E-state index contributed by atoms with van der Waals surface area (Å²) in [6.07, 6.45) is 3.06. The number of aromatic nitrogens is 4. The lowest BCUT2D eigenvalue weighted by Gasteiger charge is -2.04. The smallest absolute Gasteiger partial charge is 0.338 e. The van der Waals surface area contributed by atoms with Crippen molar-refractivity contribution in [3.8, 4) is 5.69 Å². The molecule has 0 N–H and O–H groups in total. The molecule has 0 aliphatic carbocycles. The number of ether oxygens (including phenoxy) is 1. The molecule has 0 saturated heterocycles. The van der Waals surface area contributed by atoms with E-state index in [1.165, 1.54) is 17.7 Å². The summed E-state index contributed by atoms with van der Waals surface area (Å²) in [6.45, 7) is 0.170. The third kappa shape index (κ3) is 2.89. The molecular weight excluding hydrogens is 324 g/mol. The summed E-state index contributed by atoms with van der Waals surface area (Å²) < 4.78 is 8.05. The fraction of sp³-hybridized carbons (Fsp3) is 0.0588. The van der Waals surface area contributed by atoms with Crippen molar-refractivity contribution in [3.05, 3.63) is 71.8 Å². The van der Waals surface area contributed by atoms with Crippen LogP contribution in [0.15, 0.2) is 61.2 Å². The van der Waals surface area contributed by atoms with Crippen molar-refractivity contribution in [3.63, 3.8) is 0 Å². The molecule has 0 amide bonds. The van der Waals surface area contributed by atoms with Gasteiger partial charge in [-0.05, 0) is 36.4 Å². The van der Waals surface area contributed by atoms with Crippen LogP contribution in [0.25, 0.3) is 15.9 Å². The van der Waals surface area contributed by atoms with E-state index in [0.29, 0.717) is 5.56 Å². The number of carbonyl (C=O) groups is 1. The topological polar surface area (TPSA) is 69.9 Å². The molecular formula is C17H12N4O2S. The van der Waals surface area contributed by atoms with E-state index in [4.69, 9.17) is 4.74 Å². The molecule has 2 aromatic carbocycles. The Morgan fingerprint density at radius 3 is 2.71 bits per heavy atom. The van der Waals surface area contributed by atoms with Gasteiger partial charge in [0, 0.05) is 0 Å². The maximum absolute atomic E-state index is 12.2. The molecule has 0 saturated carbocycles. The summed E-state index contributed by atoms with van der Waals surface area (Å²) in [5.41, 5.74) is 2.24. The molecule has 0 aliphatic heterocycles. The van der Waals surface area contributed by atoms with Crippen LogP contribution in [0.2, 0.25) is 0 Å². The summed E-state index contributed by atoms with van der Waals surface area (Å²) in [4.78, 5) is 20.5. The number of esters is 1. The molecule has 4 rings (SSSR count). The van der Waals surface area contributed by atoms with Crippen molar-refractivity contribution in [2.24, 2.45) is 0 Å². The molecule has 7 heteroatoms. The number of rotatable bonds is 4. The number of thiazole rings is 1. The van der Waals surface area contributed by atoms with Crippen molar-refractivity contribution in [2.45, 2.75) is 6.61 Å². The monoisotopic (exact) mass is 336 g/mol. The molecule has 0 spiro atoms. The van der Waals surface area contributed by atoms with Crippen LogP contribution in [0.5, 0.6) is 0 Å². The second-order valence-electron chi connectivity index (χ2n) is 5.04. The van der Waals surface area contributed by atoms with E-state index in [1.54, 1.807) is 35.3 Å². The van der Waals surface area contributed by atoms with Gasteiger partial charge in [-0.25, -0.2) is 19.4 Å². The van der Waals surface area contributed by atoms with E-state index < -0.39 is 0 Å². The van der Waals surface area contributed by atoms with Crippen molar-refractivity contribution >= 4 is 27.5 Å². The SMILES string of the molecule is O=C(OCc1nc2ccccc2s1)c1ccc(-n2cncn2)cc1. The molecule has 6 nitrogen and oxygen atoms in total. The van der Waals surface area contributed by atoms with Gasteiger partial charge >= 0.3 is 5.97 Å². The normalized spacial score (nSPS) is 10.8. The number of benzene rings is 2. The third-order valence-electron chi connectivity index (χ3n) is 3.45. The molecule has 0 radical (unpaired) electrons. The van der Waals surface area contributed by atoms with Crippen molar-refractivity contribution in [1.29, 1.82) is 0 Å². The minimum atomic E-state index is -0.376. The van der Waals surface area contributed by atoms with E-state index in [9.17, 15) is 4.79 Å². The van der Waals surface area contributed by atoms with Crippen LogP contribution in [0.4, 0.5) is 0 Å². The lowest BCUT2D eigenvalue weighted by atomic mass is 10.2. The number of para-hydroxylation sites is 1. The van der Waals surface area contributed by atoms with E-state index in [-0.39, 0.29) is 12.6 Å². The van der Waals surface area contributed by atoms with Gasteiger partial charge in [0.1, 0.15) is 24.3 Å². The Bertz CT molecular complexity index is 944. The van der Waals surface area contributed by atoms with Crippen LogP contribution in [-0.2, 0) is 11.3 Å². The highest BCUT2D eigenvalue weighted by molar-refractivity contribution is 7.18. The van der Waals surface area contributed by atoms with Gasteiger partial charge in [-0.15, -0.1) is 11.3 Å². The maximum Gasteiger partial charge on any atom is 0.338 e. The maximum atomic E-state index is 12.2. The third-order valence-corrected chi connectivity index (χ3v) is 4.46. The fourth-order valence-corrected chi connectivity index (χ4v) is 3.16. The minimum Gasteiger partial charge on any atom is -0.455 e. The molecule has 0 fully saturated rings. The van der Waals surface area contributed by atoms with Crippen molar-refractivity contribution in [1.82, 2.24) is 19.7 Å². The van der Waals surface area contributed by atoms with Crippen LogP contribution < -0.4 is 0 Å². The molecule has 2 aromatic heterocycles. The van der Waals surface area contributed by atoms with E-state index in [0.717, 1.165) is 20.9 Å². The van der Waals surface area contributed by atoms with Crippen LogP contribution in [-0.4, -0.2) is 25.7 Å². The van der Waals surface area contributed by atoms with Crippen LogP contribution in [0.1, 0.15) is 15.4 Å². The first-order valence-electron chi connectivity index (χ1n) is 7.26. The number of nitrogens with zero attached hydrogens (tertiary/aromatic N) is 4. The Morgan fingerprint density at radius 1 is 1.12 bits per heavy atom. The summed E-state index contributed by atoms with van der Waals surface area (Å²) >= 11 is 1.53. The summed E-state index contributed by atoms with van der Waals surface area (Å²) in [5, 5.41) is 4.82. The molecule has 0 aliphatic rings. The Kier molecular flexibility index (Phi) is 3.76. The fourth-order valence-electron chi connectivity index (χ4n) is 2.28. The number of carbonyl (C=O) groups excluding carboxylic acids is 1. The first-order valence-corrected chi connectivity index (χ1v) is 8.08. The second kappa shape index (κ2) is 6.21. The average Bonchev–Trinajstić information content (AvgIpc) is 3.29. The van der Waals surface area contributed by atoms with E-state index in [2.05, 4.69) is 15.1 Å². The zero-order chi connectivity index (χ0) is 16.4. The van der Waals surface area contributed by atoms with Gasteiger partial charge < -0.3 is 4.74 Å². The Morgan fingerprint density at radius 2 is 1.96 bits per heavy atom.